The minimum atomic E-state index is -0.740. The standard InChI is InChI=1S/C25H27N5OS/c1-19(23(31)27-25(18-26)15-9-4-10-16-25)32-24-29-28-22(17-20-11-5-2-6-12-20)30(24)21-13-7-3-8-14-21/h2-3,5-8,11-14,19H,4,9-10,15-17H2,1H3,(H,27,31). The zero-order valence-electron chi connectivity index (χ0n) is 18.2. The second-order valence-electron chi connectivity index (χ2n) is 8.24. The van der Waals surface area contributed by atoms with Crippen LogP contribution in [-0.4, -0.2) is 31.5 Å². The topological polar surface area (TPSA) is 83.6 Å². The van der Waals surface area contributed by atoms with E-state index < -0.39 is 10.8 Å². The van der Waals surface area contributed by atoms with E-state index in [9.17, 15) is 10.1 Å². The average molecular weight is 446 g/mol. The van der Waals surface area contributed by atoms with Crippen molar-refractivity contribution >= 4 is 17.7 Å². The highest BCUT2D eigenvalue weighted by Crippen LogP contribution is 2.30. The van der Waals surface area contributed by atoms with Gasteiger partial charge in [0.1, 0.15) is 11.4 Å². The van der Waals surface area contributed by atoms with Gasteiger partial charge < -0.3 is 5.32 Å². The lowest BCUT2D eigenvalue weighted by Crippen LogP contribution is -2.51. The van der Waals surface area contributed by atoms with Gasteiger partial charge in [0.05, 0.1) is 11.3 Å². The molecule has 4 rings (SSSR count). The summed E-state index contributed by atoms with van der Waals surface area (Å²) in [6, 6.07) is 22.5. The Morgan fingerprint density at radius 3 is 2.41 bits per heavy atom. The fourth-order valence-corrected chi connectivity index (χ4v) is 4.96. The monoisotopic (exact) mass is 445 g/mol. The smallest absolute Gasteiger partial charge is 0.234 e. The largest absolute Gasteiger partial charge is 0.337 e. The molecule has 1 amide bonds. The highest BCUT2D eigenvalue weighted by Gasteiger charge is 2.35. The Hall–Kier alpha value is -3.11. The molecule has 1 fully saturated rings. The number of rotatable bonds is 7. The number of hydrogen-bond donors (Lipinski definition) is 1. The quantitative estimate of drug-likeness (QED) is 0.534. The summed E-state index contributed by atoms with van der Waals surface area (Å²) in [5, 5.41) is 21.9. The molecule has 6 nitrogen and oxygen atoms in total. The van der Waals surface area contributed by atoms with Crippen LogP contribution in [0.25, 0.3) is 5.69 Å². The van der Waals surface area contributed by atoms with Crippen molar-refractivity contribution in [1.29, 1.82) is 5.26 Å². The maximum absolute atomic E-state index is 13.0. The van der Waals surface area contributed by atoms with Gasteiger partial charge in [-0.05, 0) is 37.5 Å². The molecule has 1 heterocycles. The zero-order chi connectivity index (χ0) is 22.4. The van der Waals surface area contributed by atoms with E-state index in [4.69, 9.17) is 0 Å². The maximum atomic E-state index is 13.0. The van der Waals surface area contributed by atoms with E-state index in [0.29, 0.717) is 24.4 Å². The third-order valence-electron chi connectivity index (χ3n) is 5.85. The fourth-order valence-electron chi connectivity index (χ4n) is 4.08. The second kappa shape index (κ2) is 10.0. The van der Waals surface area contributed by atoms with E-state index in [0.717, 1.165) is 36.3 Å². The van der Waals surface area contributed by atoms with Gasteiger partial charge in [-0.1, -0.05) is 79.6 Å². The van der Waals surface area contributed by atoms with Gasteiger partial charge >= 0.3 is 0 Å². The van der Waals surface area contributed by atoms with Gasteiger partial charge in [-0.25, -0.2) is 0 Å². The molecule has 1 N–H and O–H groups in total. The number of para-hydroxylation sites is 1. The summed E-state index contributed by atoms with van der Waals surface area (Å²) in [4.78, 5) is 13.0. The number of amides is 1. The van der Waals surface area contributed by atoms with Crippen LogP contribution in [-0.2, 0) is 11.2 Å². The molecule has 3 aromatic rings. The van der Waals surface area contributed by atoms with E-state index in [1.54, 1.807) is 0 Å². The highest BCUT2D eigenvalue weighted by molar-refractivity contribution is 8.00. The molecule has 164 valence electrons. The minimum absolute atomic E-state index is 0.134. The molecule has 0 aliphatic heterocycles. The van der Waals surface area contributed by atoms with Gasteiger partial charge in [0.2, 0.25) is 5.91 Å². The number of hydrogen-bond acceptors (Lipinski definition) is 5. The molecule has 0 bridgehead atoms. The Morgan fingerprint density at radius 1 is 1.09 bits per heavy atom. The molecule has 1 atom stereocenters. The lowest BCUT2D eigenvalue weighted by molar-refractivity contribution is -0.121. The second-order valence-corrected chi connectivity index (χ2v) is 9.54. The lowest BCUT2D eigenvalue weighted by Gasteiger charge is -2.32. The van der Waals surface area contributed by atoms with Crippen molar-refractivity contribution in [3.63, 3.8) is 0 Å². The number of nitrogens with zero attached hydrogens (tertiary/aromatic N) is 4. The van der Waals surface area contributed by atoms with E-state index >= 15 is 0 Å². The highest BCUT2D eigenvalue weighted by atomic mass is 32.2. The minimum Gasteiger partial charge on any atom is -0.337 e. The zero-order valence-corrected chi connectivity index (χ0v) is 19.0. The molecule has 0 spiro atoms. The van der Waals surface area contributed by atoms with Gasteiger partial charge in [-0.15, -0.1) is 10.2 Å². The number of aromatic nitrogens is 3. The van der Waals surface area contributed by atoms with Crippen LogP contribution in [0.1, 0.15) is 50.4 Å². The first-order valence-corrected chi connectivity index (χ1v) is 11.9. The van der Waals surface area contributed by atoms with Gasteiger partial charge in [-0.3, -0.25) is 9.36 Å². The van der Waals surface area contributed by atoms with Crippen LogP contribution in [0, 0.1) is 11.3 Å². The number of benzene rings is 2. The van der Waals surface area contributed by atoms with Crippen molar-refractivity contribution in [3.05, 3.63) is 72.1 Å². The van der Waals surface area contributed by atoms with Crippen LogP contribution in [0.3, 0.4) is 0 Å². The number of carbonyl (C=O) groups is 1. The first-order valence-electron chi connectivity index (χ1n) is 11.0. The number of nitriles is 1. The van der Waals surface area contributed by atoms with Crippen LogP contribution in [0.2, 0.25) is 0 Å². The Labute approximate surface area is 193 Å². The summed E-state index contributed by atoms with van der Waals surface area (Å²) in [5.41, 5.74) is 1.36. The fraction of sp³-hybridized carbons (Fsp3) is 0.360. The predicted octanol–water partition coefficient (Wildman–Crippen LogP) is 4.68. The predicted molar refractivity (Wildman–Crippen MR) is 125 cm³/mol. The summed E-state index contributed by atoms with van der Waals surface area (Å²) in [6.07, 6.45) is 5.14. The van der Waals surface area contributed by atoms with Gasteiger partial charge in [0.25, 0.3) is 0 Å². The number of thioether (sulfide) groups is 1. The number of carbonyl (C=O) groups excluding carboxylic acids is 1. The van der Waals surface area contributed by atoms with Crippen LogP contribution < -0.4 is 5.32 Å². The summed E-state index contributed by atoms with van der Waals surface area (Å²) in [5.74, 6) is 0.684. The van der Waals surface area contributed by atoms with Crippen LogP contribution in [0.15, 0.2) is 65.8 Å². The molecule has 1 unspecified atom stereocenters. The normalized spacial score (nSPS) is 16.1. The summed E-state index contributed by atoms with van der Waals surface area (Å²) in [6.45, 7) is 1.86. The van der Waals surface area contributed by atoms with Gasteiger partial charge in [0, 0.05) is 12.1 Å². The first-order chi connectivity index (χ1) is 15.6. The van der Waals surface area contributed by atoms with Crippen molar-refractivity contribution in [2.75, 3.05) is 0 Å². The molecule has 0 radical (unpaired) electrons. The van der Waals surface area contributed by atoms with E-state index in [-0.39, 0.29) is 5.91 Å². The Balaban J connectivity index is 1.56. The van der Waals surface area contributed by atoms with Crippen molar-refractivity contribution < 1.29 is 4.79 Å². The van der Waals surface area contributed by atoms with Crippen LogP contribution >= 0.6 is 11.8 Å². The first kappa shape index (κ1) is 22.1. The molecule has 1 saturated carbocycles. The molecule has 0 saturated heterocycles. The Kier molecular flexibility index (Phi) is 6.91. The SMILES string of the molecule is CC(Sc1nnc(Cc2ccccc2)n1-c1ccccc1)C(=O)NC1(C#N)CCCCC1. The Bertz CT molecular complexity index is 1080. The van der Waals surface area contributed by atoms with Gasteiger partial charge in [0.15, 0.2) is 5.16 Å². The van der Waals surface area contributed by atoms with E-state index in [2.05, 4.69) is 33.7 Å². The molecule has 32 heavy (non-hydrogen) atoms. The molecular weight excluding hydrogens is 418 g/mol. The van der Waals surface area contributed by atoms with Gasteiger partial charge in [-0.2, -0.15) is 5.26 Å². The third kappa shape index (κ3) is 5.03. The third-order valence-corrected chi connectivity index (χ3v) is 6.90. The van der Waals surface area contributed by atoms with Crippen molar-refractivity contribution in [2.45, 2.75) is 61.4 Å². The van der Waals surface area contributed by atoms with Crippen molar-refractivity contribution in [1.82, 2.24) is 20.1 Å². The summed E-state index contributed by atoms with van der Waals surface area (Å²) >= 11 is 1.37. The van der Waals surface area contributed by atoms with Crippen molar-refractivity contribution in [2.24, 2.45) is 0 Å². The molecule has 7 heteroatoms. The average Bonchev–Trinajstić information content (AvgIpc) is 3.22. The van der Waals surface area contributed by atoms with Crippen molar-refractivity contribution in [3.8, 4) is 11.8 Å². The summed E-state index contributed by atoms with van der Waals surface area (Å²) in [7, 11) is 0. The Morgan fingerprint density at radius 2 is 1.75 bits per heavy atom. The molecule has 2 aromatic carbocycles. The van der Waals surface area contributed by atoms with Crippen LogP contribution in [0.5, 0.6) is 0 Å². The van der Waals surface area contributed by atoms with E-state index in [1.165, 1.54) is 11.8 Å². The lowest BCUT2D eigenvalue weighted by atomic mass is 9.83. The summed E-state index contributed by atoms with van der Waals surface area (Å²) < 4.78 is 2.02. The maximum Gasteiger partial charge on any atom is 0.234 e. The van der Waals surface area contributed by atoms with E-state index in [1.807, 2.05) is 60.0 Å². The molecular formula is C25H27N5OS. The van der Waals surface area contributed by atoms with Crippen LogP contribution in [0.4, 0.5) is 0 Å². The molecule has 1 aliphatic rings. The molecule has 1 aromatic heterocycles. The number of nitrogens with one attached hydrogen (secondary N) is 1. The molecule has 1 aliphatic carbocycles.